The van der Waals surface area contributed by atoms with E-state index in [2.05, 4.69) is 35.2 Å². The molecule has 1 aliphatic heterocycles. The van der Waals surface area contributed by atoms with E-state index in [9.17, 15) is 0 Å². The summed E-state index contributed by atoms with van der Waals surface area (Å²) in [7, 11) is 2.19. The number of halogens is 1. The van der Waals surface area contributed by atoms with Crippen LogP contribution in [0.25, 0.3) is 22.3 Å². The van der Waals surface area contributed by atoms with Gasteiger partial charge >= 0.3 is 0 Å². The molecule has 2 aromatic carbocycles. The molecule has 1 N–H and O–H groups in total. The van der Waals surface area contributed by atoms with Gasteiger partial charge in [-0.15, -0.1) is 0 Å². The van der Waals surface area contributed by atoms with E-state index in [4.69, 9.17) is 21.6 Å². The van der Waals surface area contributed by atoms with Crippen molar-refractivity contribution >= 4 is 28.3 Å². The predicted molar refractivity (Wildman–Crippen MR) is 117 cm³/mol. The van der Waals surface area contributed by atoms with Gasteiger partial charge in [-0.25, -0.2) is 9.97 Å². The maximum Gasteiger partial charge on any atom is 0.162 e. The molecule has 1 atom stereocenters. The van der Waals surface area contributed by atoms with Crippen LogP contribution < -0.4 is 5.32 Å². The molecule has 146 valence electrons. The zero-order valence-corrected chi connectivity index (χ0v) is 17.2. The third-order valence-corrected chi connectivity index (χ3v) is 5.68. The SMILES string of the molecule is CC(CNc1nc(-c2ccc(Cl)cc2)nc2ccccc12)N1CCN(C)CC1. The Labute approximate surface area is 171 Å². The number of nitrogens with one attached hydrogen (secondary N) is 1. The molecule has 1 aliphatic rings. The molecule has 28 heavy (non-hydrogen) atoms. The van der Waals surface area contributed by atoms with E-state index in [1.165, 1.54) is 0 Å². The third kappa shape index (κ3) is 4.27. The number of rotatable bonds is 5. The van der Waals surface area contributed by atoms with Crippen molar-refractivity contribution in [3.8, 4) is 11.4 Å². The van der Waals surface area contributed by atoms with E-state index < -0.39 is 0 Å². The van der Waals surface area contributed by atoms with Gasteiger partial charge < -0.3 is 10.2 Å². The van der Waals surface area contributed by atoms with Crippen molar-refractivity contribution < 1.29 is 0 Å². The van der Waals surface area contributed by atoms with Gasteiger partial charge in [-0.1, -0.05) is 23.7 Å². The van der Waals surface area contributed by atoms with Gasteiger partial charge in [0.2, 0.25) is 0 Å². The number of hydrogen-bond donors (Lipinski definition) is 1. The van der Waals surface area contributed by atoms with Crippen molar-refractivity contribution in [2.75, 3.05) is 45.1 Å². The smallest absolute Gasteiger partial charge is 0.162 e. The Kier molecular flexibility index (Phi) is 5.76. The van der Waals surface area contributed by atoms with E-state index in [0.29, 0.717) is 16.9 Å². The summed E-state index contributed by atoms with van der Waals surface area (Å²) in [6, 6.07) is 16.3. The Bertz CT molecular complexity index is 935. The Morgan fingerprint density at radius 1 is 1.00 bits per heavy atom. The number of anilines is 1. The van der Waals surface area contributed by atoms with Crippen LogP contribution in [0.15, 0.2) is 48.5 Å². The summed E-state index contributed by atoms with van der Waals surface area (Å²) in [4.78, 5) is 14.5. The summed E-state index contributed by atoms with van der Waals surface area (Å²) in [5.41, 5.74) is 1.91. The molecular weight excluding hydrogens is 370 g/mol. The average Bonchev–Trinajstić information content (AvgIpc) is 2.72. The van der Waals surface area contributed by atoms with Crippen LogP contribution >= 0.6 is 11.6 Å². The van der Waals surface area contributed by atoms with Crippen molar-refractivity contribution in [1.29, 1.82) is 0 Å². The largest absolute Gasteiger partial charge is 0.368 e. The van der Waals surface area contributed by atoms with Crippen molar-refractivity contribution in [3.63, 3.8) is 0 Å². The molecule has 5 nitrogen and oxygen atoms in total. The zero-order valence-electron chi connectivity index (χ0n) is 16.4. The summed E-state index contributed by atoms with van der Waals surface area (Å²) in [6.07, 6.45) is 0. The van der Waals surface area contributed by atoms with Crippen molar-refractivity contribution in [2.24, 2.45) is 0 Å². The molecular formula is C22H26ClN5. The van der Waals surface area contributed by atoms with E-state index in [1.807, 2.05) is 42.5 Å². The van der Waals surface area contributed by atoms with Crippen LogP contribution in [0.3, 0.4) is 0 Å². The summed E-state index contributed by atoms with van der Waals surface area (Å²) in [5.74, 6) is 1.60. The first-order valence-electron chi connectivity index (χ1n) is 9.79. The number of benzene rings is 2. The summed E-state index contributed by atoms with van der Waals surface area (Å²) in [5, 5.41) is 5.34. The number of hydrogen-bond acceptors (Lipinski definition) is 5. The molecule has 0 radical (unpaired) electrons. The monoisotopic (exact) mass is 395 g/mol. The van der Waals surface area contributed by atoms with E-state index in [-0.39, 0.29) is 0 Å². The van der Waals surface area contributed by atoms with Crippen LogP contribution in [-0.4, -0.2) is 65.6 Å². The molecule has 1 aromatic heterocycles. The summed E-state index contributed by atoms with van der Waals surface area (Å²) in [6.45, 7) is 7.61. The van der Waals surface area contributed by atoms with Crippen LogP contribution in [0.5, 0.6) is 0 Å². The first kappa shape index (κ1) is 19.1. The normalized spacial score (nSPS) is 17.0. The van der Waals surface area contributed by atoms with Gasteiger partial charge in [0, 0.05) is 54.7 Å². The highest BCUT2D eigenvalue weighted by atomic mass is 35.5. The van der Waals surface area contributed by atoms with Crippen molar-refractivity contribution in [3.05, 3.63) is 53.6 Å². The van der Waals surface area contributed by atoms with Crippen LogP contribution in [0.2, 0.25) is 5.02 Å². The van der Waals surface area contributed by atoms with E-state index in [0.717, 1.165) is 55.0 Å². The van der Waals surface area contributed by atoms with Gasteiger partial charge in [0.15, 0.2) is 5.82 Å². The first-order chi connectivity index (χ1) is 13.6. The molecule has 1 saturated heterocycles. The minimum absolute atomic E-state index is 0.446. The summed E-state index contributed by atoms with van der Waals surface area (Å²) >= 11 is 6.03. The van der Waals surface area contributed by atoms with Gasteiger partial charge in [0.25, 0.3) is 0 Å². The van der Waals surface area contributed by atoms with Gasteiger partial charge in [0.1, 0.15) is 5.82 Å². The number of fused-ring (bicyclic) bond motifs is 1. The first-order valence-corrected chi connectivity index (χ1v) is 10.2. The van der Waals surface area contributed by atoms with Crippen LogP contribution in [0, 0.1) is 0 Å². The zero-order chi connectivity index (χ0) is 19.5. The van der Waals surface area contributed by atoms with Gasteiger partial charge in [-0.05, 0) is 50.4 Å². The topological polar surface area (TPSA) is 44.3 Å². The number of aromatic nitrogens is 2. The number of likely N-dealkylation sites (N-methyl/N-ethyl adjacent to an activating group) is 1. The maximum atomic E-state index is 6.03. The maximum absolute atomic E-state index is 6.03. The van der Waals surface area contributed by atoms with Crippen molar-refractivity contribution in [2.45, 2.75) is 13.0 Å². The molecule has 4 rings (SSSR count). The fourth-order valence-electron chi connectivity index (χ4n) is 3.58. The number of piperazine rings is 1. The second kappa shape index (κ2) is 8.43. The van der Waals surface area contributed by atoms with Gasteiger partial charge in [0.05, 0.1) is 5.52 Å². The van der Waals surface area contributed by atoms with Crippen LogP contribution in [0.4, 0.5) is 5.82 Å². The molecule has 0 bridgehead atoms. The quantitative estimate of drug-likeness (QED) is 0.707. The third-order valence-electron chi connectivity index (χ3n) is 5.43. The second-order valence-corrected chi connectivity index (χ2v) is 7.93. The fraction of sp³-hybridized carbons (Fsp3) is 0.364. The predicted octanol–water partition coefficient (Wildman–Crippen LogP) is 4.00. The minimum Gasteiger partial charge on any atom is -0.368 e. The Balaban J connectivity index is 1.57. The summed E-state index contributed by atoms with van der Waals surface area (Å²) < 4.78 is 0. The Hall–Kier alpha value is -2.21. The molecule has 6 heteroatoms. The molecule has 0 amide bonds. The molecule has 0 spiro atoms. The van der Waals surface area contributed by atoms with Crippen LogP contribution in [0.1, 0.15) is 6.92 Å². The molecule has 1 fully saturated rings. The fourth-order valence-corrected chi connectivity index (χ4v) is 3.70. The van der Waals surface area contributed by atoms with E-state index in [1.54, 1.807) is 0 Å². The highest BCUT2D eigenvalue weighted by Gasteiger charge is 2.19. The standard InChI is InChI=1S/C22H26ClN5/c1-16(28-13-11-27(2)12-14-28)15-24-22-19-5-3-4-6-20(19)25-21(26-22)17-7-9-18(23)10-8-17/h3-10,16H,11-15H2,1-2H3,(H,24,25,26). The Morgan fingerprint density at radius 2 is 1.71 bits per heavy atom. The molecule has 1 unspecified atom stereocenters. The number of para-hydroxylation sites is 1. The van der Waals surface area contributed by atoms with Gasteiger partial charge in [-0.2, -0.15) is 0 Å². The lowest BCUT2D eigenvalue weighted by molar-refractivity contribution is 0.123. The molecule has 0 aliphatic carbocycles. The minimum atomic E-state index is 0.446. The highest BCUT2D eigenvalue weighted by Crippen LogP contribution is 2.26. The lowest BCUT2D eigenvalue weighted by Gasteiger charge is -2.36. The van der Waals surface area contributed by atoms with E-state index >= 15 is 0 Å². The second-order valence-electron chi connectivity index (χ2n) is 7.49. The lowest BCUT2D eigenvalue weighted by atomic mass is 10.1. The Morgan fingerprint density at radius 3 is 2.46 bits per heavy atom. The number of nitrogens with zero attached hydrogens (tertiary/aromatic N) is 4. The highest BCUT2D eigenvalue weighted by molar-refractivity contribution is 6.30. The molecule has 3 aromatic rings. The molecule has 2 heterocycles. The molecule has 0 saturated carbocycles. The van der Waals surface area contributed by atoms with Crippen molar-refractivity contribution in [1.82, 2.24) is 19.8 Å². The van der Waals surface area contributed by atoms with Gasteiger partial charge in [-0.3, -0.25) is 4.90 Å². The average molecular weight is 396 g/mol. The lowest BCUT2D eigenvalue weighted by Crippen LogP contribution is -2.49. The van der Waals surface area contributed by atoms with Crippen LogP contribution in [-0.2, 0) is 0 Å².